The molecule has 0 unspecified atom stereocenters. The van der Waals surface area contributed by atoms with Gasteiger partial charge in [0.2, 0.25) is 0 Å². The van der Waals surface area contributed by atoms with Gasteiger partial charge in [-0.2, -0.15) is 0 Å². The molecule has 3 aromatic rings. The molecule has 1 aromatic carbocycles. The number of hydrogen-bond acceptors (Lipinski definition) is 7. The van der Waals surface area contributed by atoms with Crippen molar-refractivity contribution in [1.82, 2.24) is 5.16 Å². The first kappa shape index (κ1) is 18.1. The van der Waals surface area contributed by atoms with Gasteiger partial charge in [0.15, 0.2) is 0 Å². The van der Waals surface area contributed by atoms with Crippen LogP contribution >= 0.6 is 11.3 Å². The van der Waals surface area contributed by atoms with E-state index in [2.05, 4.69) is 5.16 Å². The van der Waals surface area contributed by atoms with Crippen LogP contribution in [-0.2, 0) is 16.1 Å². The molecule has 0 fully saturated rings. The molecular weight excluding hydrogens is 361 g/mol. The van der Waals surface area contributed by atoms with E-state index in [1.54, 1.807) is 32.9 Å². The maximum absolute atomic E-state index is 14.3. The largest absolute Gasteiger partial charge is 0.462 e. The van der Waals surface area contributed by atoms with Gasteiger partial charge in [0.25, 0.3) is 0 Å². The highest BCUT2D eigenvalue weighted by atomic mass is 32.1. The van der Waals surface area contributed by atoms with Gasteiger partial charge in [-0.05, 0) is 32.9 Å². The fraction of sp³-hybridized carbons (Fsp3) is 0.278. The highest BCUT2D eigenvalue weighted by Gasteiger charge is 2.24. The van der Waals surface area contributed by atoms with Gasteiger partial charge in [-0.15, -0.1) is 11.3 Å². The van der Waals surface area contributed by atoms with E-state index in [1.807, 2.05) is 0 Å². The molecule has 0 aliphatic heterocycles. The summed E-state index contributed by atoms with van der Waals surface area (Å²) in [5, 5.41) is 3.97. The Kier molecular flexibility index (Phi) is 5.03. The second kappa shape index (κ2) is 7.25. The first-order chi connectivity index (χ1) is 12.4. The lowest BCUT2D eigenvalue weighted by Gasteiger charge is -2.07. The zero-order valence-electron chi connectivity index (χ0n) is 14.4. The minimum absolute atomic E-state index is 0.188. The quantitative estimate of drug-likeness (QED) is 0.621. The Morgan fingerprint density at radius 2 is 2.00 bits per heavy atom. The van der Waals surface area contributed by atoms with Crippen LogP contribution in [0.3, 0.4) is 0 Å². The molecule has 0 saturated carbocycles. The van der Waals surface area contributed by atoms with Crippen LogP contribution in [-0.4, -0.2) is 23.7 Å². The fourth-order valence-corrected chi connectivity index (χ4v) is 3.77. The highest BCUT2D eigenvalue weighted by Crippen LogP contribution is 2.34. The number of aryl methyl sites for hydroxylation is 2. The van der Waals surface area contributed by atoms with Crippen LogP contribution in [0.2, 0.25) is 0 Å². The summed E-state index contributed by atoms with van der Waals surface area (Å²) >= 11 is 1.10. The molecule has 3 rings (SSSR count). The van der Waals surface area contributed by atoms with E-state index in [0.717, 1.165) is 11.3 Å². The monoisotopic (exact) mass is 377 g/mol. The van der Waals surface area contributed by atoms with E-state index >= 15 is 0 Å². The molecule has 26 heavy (non-hydrogen) atoms. The van der Waals surface area contributed by atoms with E-state index < -0.39 is 17.8 Å². The van der Waals surface area contributed by atoms with E-state index in [4.69, 9.17) is 14.0 Å². The standard InChI is InChI=1S/C18H16FNO5S/c1-4-23-18(22)16-11(15-12(19)6-5-7-13(15)26-16)8-24-17(21)14-9(2)20-25-10(14)3/h5-7H,4,8H2,1-3H3. The minimum Gasteiger partial charge on any atom is -0.462 e. The van der Waals surface area contributed by atoms with Gasteiger partial charge in [0.1, 0.15) is 28.6 Å². The highest BCUT2D eigenvalue weighted by molar-refractivity contribution is 7.21. The predicted octanol–water partition coefficient (Wildman–Crippen LogP) is 4.18. The Hall–Kier alpha value is -2.74. The van der Waals surface area contributed by atoms with Gasteiger partial charge in [-0.25, -0.2) is 14.0 Å². The number of ether oxygens (including phenoxy) is 2. The molecule has 0 atom stereocenters. The summed E-state index contributed by atoms with van der Waals surface area (Å²) in [5.41, 5.74) is 0.920. The number of rotatable bonds is 5. The minimum atomic E-state index is -0.647. The number of esters is 2. The number of hydrogen-bond donors (Lipinski definition) is 0. The van der Waals surface area contributed by atoms with Crippen LogP contribution in [0.4, 0.5) is 4.39 Å². The Labute approximate surface area is 152 Å². The summed E-state index contributed by atoms with van der Waals surface area (Å²) in [5.74, 6) is -1.37. The lowest BCUT2D eigenvalue weighted by Crippen LogP contribution is -2.10. The number of nitrogens with zero attached hydrogens (tertiary/aromatic N) is 1. The second-order valence-corrected chi connectivity index (χ2v) is 6.57. The summed E-state index contributed by atoms with van der Waals surface area (Å²) in [6, 6.07) is 4.55. The van der Waals surface area contributed by atoms with Crippen molar-refractivity contribution < 1.29 is 28.0 Å². The Balaban J connectivity index is 1.97. The van der Waals surface area contributed by atoms with Crippen molar-refractivity contribution in [3.8, 4) is 0 Å². The molecule has 2 aromatic heterocycles. The molecule has 6 nitrogen and oxygen atoms in total. The van der Waals surface area contributed by atoms with Crippen LogP contribution in [0, 0.1) is 19.7 Å². The van der Waals surface area contributed by atoms with Crippen molar-refractivity contribution in [1.29, 1.82) is 0 Å². The zero-order valence-corrected chi connectivity index (χ0v) is 15.2. The zero-order chi connectivity index (χ0) is 18.8. The topological polar surface area (TPSA) is 78.6 Å². The number of fused-ring (bicyclic) bond motifs is 1. The maximum Gasteiger partial charge on any atom is 0.348 e. The summed E-state index contributed by atoms with van der Waals surface area (Å²) in [4.78, 5) is 24.8. The third kappa shape index (κ3) is 3.20. The van der Waals surface area contributed by atoms with E-state index in [0.29, 0.717) is 21.7 Å². The number of carbonyl (C=O) groups excluding carboxylic acids is 2. The van der Waals surface area contributed by atoms with Crippen LogP contribution in [0.1, 0.15) is 44.0 Å². The van der Waals surface area contributed by atoms with Gasteiger partial charge in [0, 0.05) is 15.6 Å². The molecule has 0 spiro atoms. The summed E-state index contributed by atoms with van der Waals surface area (Å²) < 4.78 is 30.2. The number of thiophene rings is 1. The molecule has 0 bridgehead atoms. The SMILES string of the molecule is CCOC(=O)c1sc2cccc(F)c2c1COC(=O)c1c(C)noc1C. The number of halogens is 1. The average molecular weight is 377 g/mol. The van der Waals surface area contributed by atoms with Gasteiger partial charge < -0.3 is 14.0 Å². The van der Waals surface area contributed by atoms with Crippen molar-refractivity contribution in [2.24, 2.45) is 0 Å². The van der Waals surface area contributed by atoms with Gasteiger partial charge >= 0.3 is 11.9 Å². The third-order valence-corrected chi connectivity index (χ3v) is 4.99. The summed E-state index contributed by atoms with van der Waals surface area (Å²) in [6.45, 7) is 4.83. The maximum atomic E-state index is 14.3. The lowest BCUT2D eigenvalue weighted by atomic mass is 10.1. The average Bonchev–Trinajstić information content (AvgIpc) is 3.14. The van der Waals surface area contributed by atoms with E-state index in [-0.39, 0.29) is 29.0 Å². The Bertz CT molecular complexity index is 972. The summed E-state index contributed by atoms with van der Waals surface area (Å²) in [7, 11) is 0. The van der Waals surface area contributed by atoms with Crippen molar-refractivity contribution in [3.05, 3.63) is 51.5 Å². The normalized spacial score (nSPS) is 10.9. The van der Waals surface area contributed by atoms with Crippen LogP contribution < -0.4 is 0 Å². The Morgan fingerprint density at radius 1 is 1.23 bits per heavy atom. The number of benzene rings is 1. The first-order valence-electron chi connectivity index (χ1n) is 7.91. The van der Waals surface area contributed by atoms with Crippen LogP contribution in [0.5, 0.6) is 0 Å². The van der Waals surface area contributed by atoms with Crippen molar-refractivity contribution in [2.75, 3.05) is 6.61 Å². The molecule has 0 aliphatic carbocycles. The lowest BCUT2D eigenvalue weighted by molar-refractivity contribution is 0.0452. The molecule has 136 valence electrons. The van der Waals surface area contributed by atoms with Gasteiger partial charge in [-0.3, -0.25) is 0 Å². The molecule has 0 aliphatic rings. The molecule has 0 N–H and O–H groups in total. The molecule has 0 radical (unpaired) electrons. The third-order valence-electron chi connectivity index (χ3n) is 3.81. The Morgan fingerprint density at radius 3 is 2.65 bits per heavy atom. The first-order valence-corrected chi connectivity index (χ1v) is 8.72. The van der Waals surface area contributed by atoms with E-state index in [9.17, 15) is 14.0 Å². The molecular formula is C18H16FNO5S. The van der Waals surface area contributed by atoms with E-state index in [1.165, 1.54) is 6.07 Å². The number of aromatic nitrogens is 1. The van der Waals surface area contributed by atoms with Crippen molar-refractivity contribution in [3.63, 3.8) is 0 Å². The van der Waals surface area contributed by atoms with Crippen molar-refractivity contribution >= 4 is 33.4 Å². The van der Waals surface area contributed by atoms with Gasteiger partial charge in [-0.1, -0.05) is 11.2 Å². The summed E-state index contributed by atoms with van der Waals surface area (Å²) in [6.07, 6.45) is 0. The molecule has 0 saturated heterocycles. The second-order valence-electron chi connectivity index (χ2n) is 5.52. The number of carbonyl (C=O) groups is 2. The molecule has 8 heteroatoms. The van der Waals surface area contributed by atoms with Crippen molar-refractivity contribution in [2.45, 2.75) is 27.4 Å². The van der Waals surface area contributed by atoms with Crippen LogP contribution in [0.25, 0.3) is 10.1 Å². The fourth-order valence-electron chi connectivity index (χ4n) is 2.65. The van der Waals surface area contributed by atoms with Gasteiger partial charge in [0.05, 0.1) is 12.3 Å². The molecule has 0 amide bonds. The predicted molar refractivity (Wildman–Crippen MR) is 92.8 cm³/mol. The molecule has 2 heterocycles. The smallest absolute Gasteiger partial charge is 0.348 e. The van der Waals surface area contributed by atoms with Crippen LogP contribution in [0.15, 0.2) is 22.7 Å².